The minimum absolute atomic E-state index is 0.112. The van der Waals surface area contributed by atoms with Gasteiger partial charge in [-0.25, -0.2) is 4.79 Å². The number of carboxylic acids is 1. The SMILES string of the molecule is CCCC[C@H](NC(=O)[C@@H](NC(=O)c1ccccc1N)[C@@H](C)CC)C(=O)N[C@@H](Cc1ccccc1)C(=O)O. The lowest BCUT2D eigenvalue weighted by atomic mass is 9.96. The van der Waals surface area contributed by atoms with Crippen molar-refractivity contribution in [2.75, 3.05) is 5.73 Å². The van der Waals surface area contributed by atoms with Gasteiger partial charge in [-0.15, -0.1) is 0 Å². The molecule has 9 nitrogen and oxygen atoms in total. The Morgan fingerprint density at radius 3 is 2.08 bits per heavy atom. The second-order valence-corrected chi connectivity index (χ2v) is 9.22. The number of rotatable bonds is 14. The summed E-state index contributed by atoms with van der Waals surface area (Å²) in [5.74, 6) is -2.96. The van der Waals surface area contributed by atoms with Gasteiger partial charge in [-0.05, 0) is 30.0 Å². The van der Waals surface area contributed by atoms with E-state index >= 15 is 0 Å². The molecule has 0 heterocycles. The van der Waals surface area contributed by atoms with Crippen molar-refractivity contribution >= 4 is 29.4 Å². The smallest absolute Gasteiger partial charge is 0.326 e. The maximum atomic E-state index is 13.3. The third-order valence-electron chi connectivity index (χ3n) is 6.36. The molecule has 0 saturated carbocycles. The quantitative estimate of drug-likeness (QED) is 0.247. The summed E-state index contributed by atoms with van der Waals surface area (Å²) in [5.41, 5.74) is 7.24. The molecule has 3 amide bonds. The van der Waals surface area contributed by atoms with Crippen LogP contribution in [0.25, 0.3) is 0 Å². The first kappa shape index (κ1) is 29.4. The number of nitrogen functional groups attached to an aromatic ring is 1. The number of carboxylic acid groups (broad SMARTS) is 1. The number of aliphatic carboxylic acids is 1. The van der Waals surface area contributed by atoms with Crippen LogP contribution in [0.5, 0.6) is 0 Å². The van der Waals surface area contributed by atoms with Crippen LogP contribution in [0.15, 0.2) is 54.6 Å². The number of carbonyl (C=O) groups excluding carboxylic acids is 3. The number of unbranched alkanes of at least 4 members (excludes halogenated alkanes) is 1. The third kappa shape index (κ3) is 8.93. The fourth-order valence-corrected chi connectivity index (χ4v) is 3.89. The minimum atomic E-state index is -1.16. The van der Waals surface area contributed by atoms with Crippen LogP contribution in [0.3, 0.4) is 0 Å². The normalized spacial score (nSPS) is 14.0. The first-order valence-corrected chi connectivity index (χ1v) is 12.7. The van der Waals surface area contributed by atoms with E-state index in [1.807, 2.05) is 26.8 Å². The third-order valence-corrected chi connectivity index (χ3v) is 6.36. The molecule has 0 aliphatic heterocycles. The maximum Gasteiger partial charge on any atom is 0.326 e. The van der Waals surface area contributed by atoms with Crippen LogP contribution in [-0.4, -0.2) is 46.9 Å². The number of nitrogens with two attached hydrogens (primary N) is 1. The molecule has 9 heteroatoms. The Morgan fingerprint density at radius 2 is 1.49 bits per heavy atom. The second-order valence-electron chi connectivity index (χ2n) is 9.22. The van der Waals surface area contributed by atoms with Crippen LogP contribution in [0.2, 0.25) is 0 Å². The molecule has 0 aliphatic carbocycles. The van der Waals surface area contributed by atoms with Gasteiger partial charge in [-0.1, -0.05) is 82.5 Å². The molecule has 0 saturated heterocycles. The molecule has 0 aromatic heterocycles. The van der Waals surface area contributed by atoms with Gasteiger partial charge in [0, 0.05) is 12.1 Å². The number of amides is 3. The number of para-hydroxylation sites is 1. The van der Waals surface area contributed by atoms with Gasteiger partial charge in [0.1, 0.15) is 18.1 Å². The van der Waals surface area contributed by atoms with E-state index in [0.29, 0.717) is 24.9 Å². The highest BCUT2D eigenvalue weighted by Gasteiger charge is 2.31. The van der Waals surface area contributed by atoms with E-state index in [1.165, 1.54) is 0 Å². The fourth-order valence-electron chi connectivity index (χ4n) is 3.89. The monoisotopic (exact) mass is 510 g/mol. The van der Waals surface area contributed by atoms with Crippen molar-refractivity contribution in [3.63, 3.8) is 0 Å². The van der Waals surface area contributed by atoms with E-state index in [2.05, 4.69) is 16.0 Å². The van der Waals surface area contributed by atoms with Gasteiger partial charge in [0.25, 0.3) is 5.91 Å². The van der Waals surface area contributed by atoms with E-state index in [4.69, 9.17) is 5.73 Å². The Hall–Kier alpha value is -3.88. The first-order valence-electron chi connectivity index (χ1n) is 12.7. The number of hydrogen-bond donors (Lipinski definition) is 5. The van der Waals surface area contributed by atoms with Crippen LogP contribution in [0, 0.1) is 5.92 Å². The summed E-state index contributed by atoms with van der Waals surface area (Å²) in [5, 5.41) is 17.8. The minimum Gasteiger partial charge on any atom is -0.480 e. The summed E-state index contributed by atoms with van der Waals surface area (Å²) >= 11 is 0. The number of benzene rings is 2. The molecule has 2 aromatic carbocycles. The molecule has 0 fully saturated rings. The van der Waals surface area contributed by atoms with Crippen molar-refractivity contribution in [3.05, 3.63) is 65.7 Å². The maximum absolute atomic E-state index is 13.3. The summed E-state index contributed by atoms with van der Waals surface area (Å²) in [6.45, 7) is 5.69. The van der Waals surface area contributed by atoms with Crippen LogP contribution in [0.4, 0.5) is 5.69 Å². The summed E-state index contributed by atoms with van der Waals surface area (Å²) in [6.07, 6.45) is 2.48. The van der Waals surface area contributed by atoms with Crippen molar-refractivity contribution in [1.82, 2.24) is 16.0 Å². The van der Waals surface area contributed by atoms with Gasteiger partial charge in [0.05, 0.1) is 5.56 Å². The topological polar surface area (TPSA) is 151 Å². The van der Waals surface area contributed by atoms with Crippen molar-refractivity contribution in [2.24, 2.45) is 5.92 Å². The second kappa shape index (κ2) is 14.6. The van der Waals surface area contributed by atoms with Crippen molar-refractivity contribution < 1.29 is 24.3 Å². The molecule has 2 rings (SSSR count). The summed E-state index contributed by atoms with van der Waals surface area (Å²) in [6, 6.07) is 12.6. The highest BCUT2D eigenvalue weighted by Crippen LogP contribution is 2.14. The zero-order valence-corrected chi connectivity index (χ0v) is 21.7. The Balaban J connectivity index is 2.18. The van der Waals surface area contributed by atoms with E-state index in [1.54, 1.807) is 48.5 Å². The zero-order valence-electron chi connectivity index (χ0n) is 21.7. The van der Waals surface area contributed by atoms with Gasteiger partial charge in [0.15, 0.2) is 0 Å². The average Bonchev–Trinajstić information content (AvgIpc) is 2.89. The van der Waals surface area contributed by atoms with E-state index in [0.717, 1.165) is 12.0 Å². The van der Waals surface area contributed by atoms with Crippen LogP contribution in [0.1, 0.15) is 62.4 Å². The molecule has 0 bridgehead atoms. The molecule has 6 N–H and O–H groups in total. The molecule has 37 heavy (non-hydrogen) atoms. The molecule has 200 valence electrons. The molecular weight excluding hydrogens is 472 g/mol. The number of anilines is 1. The standard InChI is InChI=1S/C28H38N4O5/c1-4-6-16-22(26(34)31-23(28(36)37)17-19-12-8-7-9-13-19)30-27(35)24(18(3)5-2)32-25(33)20-14-10-11-15-21(20)29/h7-15,18,22-24H,4-6,16-17,29H2,1-3H3,(H,30,35)(H,31,34)(H,32,33)(H,36,37)/t18-,22-,23-,24-/m0/s1. The zero-order chi connectivity index (χ0) is 27.4. The Bertz CT molecular complexity index is 1060. The van der Waals surface area contributed by atoms with Gasteiger partial charge < -0.3 is 26.8 Å². The molecule has 0 radical (unpaired) electrons. The van der Waals surface area contributed by atoms with Crippen LogP contribution < -0.4 is 21.7 Å². The van der Waals surface area contributed by atoms with E-state index in [9.17, 15) is 24.3 Å². The number of nitrogens with one attached hydrogen (secondary N) is 3. The van der Waals surface area contributed by atoms with Gasteiger partial charge in [-0.2, -0.15) is 0 Å². The predicted octanol–water partition coefficient (Wildman–Crippen LogP) is 2.90. The van der Waals surface area contributed by atoms with Gasteiger partial charge in [-0.3, -0.25) is 14.4 Å². The molecule has 0 aliphatic rings. The first-order chi connectivity index (χ1) is 17.7. The highest BCUT2D eigenvalue weighted by molar-refractivity contribution is 6.02. The Labute approximate surface area is 218 Å². The largest absolute Gasteiger partial charge is 0.480 e. The predicted molar refractivity (Wildman–Crippen MR) is 143 cm³/mol. The fraction of sp³-hybridized carbons (Fsp3) is 0.429. The molecular formula is C28H38N4O5. The average molecular weight is 511 g/mol. The Morgan fingerprint density at radius 1 is 0.865 bits per heavy atom. The van der Waals surface area contributed by atoms with E-state index in [-0.39, 0.29) is 17.9 Å². The van der Waals surface area contributed by atoms with E-state index < -0.39 is 41.8 Å². The summed E-state index contributed by atoms with van der Waals surface area (Å²) in [4.78, 5) is 51.2. The summed E-state index contributed by atoms with van der Waals surface area (Å²) < 4.78 is 0. The Kier molecular flexibility index (Phi) is 11.6. The lowest BCUT2D eigenvalue weighted by Gasteiger charge is -2.27. The lowest BCUT2D eigenvalue weighted by Crippen LogP contribution is -2.57. The van der Waals surface area contributed by atoms with Crippen molar-refractivity contribution in [1.29, 1.82) is 0 Å². The van der Waals surface area contributed by atoms with Gasteiger partial charge in [0.2, 0.25) is 11.8 Å². The number of hydrogen-bond acceptors (Lipinski definition) is 5. The lowest BCUT2D eigenvalue weighted by molar-refractivity contribution is -0.142. The molecule has 0 unspecified atom stereocenters. The van der Waals surface area contributed by atoms with Crippen molar-refractivity contribution in [3.8, 4) is 0 Å². The van der Waals surface area contributed by atoms with Crippen LogP contribution in [-0.2, 0) is 20.8 Å². The molecule has 2 aromatic rings. The van der Waals surface area contributed by atoms with Gasteiger partial charge >= 0.3 is 5.97 Å². The summed E-state index contributed by atoms with van der Waals surface area (Å²) in [7, 11) is 0. The highest BCUT2D eigenvalue weighted by atomic mass is 16.4. The van der Waals surface area contributed by atoms with Crippen LogP contribution >= 0.6 is 0 Å². The van der Waals surface area contributed by atoms with Crippen molar-refractivity contribution in [2.45, 2.75) is 71.0 Å². The molecule has 0 spiro atoms. The molecule has 4 atom stereocenters. The number of carbonyl (C=O) groups is 4.